The first kappa shape index (κ1) is 25.3. The third-order valence-electron chi connectivity index (χ3n) is 6.16. The molecule has 0 bridgehead atoms. The smallest absolute Gasteiger partial charge is 0.295 e. The van der Waals surface area contributed by atoms with Crippen LogP contribution in [-0.4, -0.2) is 62.1 Å². The van der Waals surface area contributed by atoms with Gasteiger partial charge in [0.2, 0.25) is 5.78 Å². The number of rotatable bonds is 7. The monoisotopic (exact) mass is 546 g/mol. The number of Topliss-reactive ketones (excluding diaryl/α,β-unsaturated/α-hetero) is 1. The Balaban J connectivity index is 1.73. The van der Waals surface area contributed by atoms with Crippen LogP contribution < -0.4 is 14.7 Å². The number of ketones is 1. The quantitative estimate of drug-likeness (QED) is 0.323. The zero-order valence-electron chi connectivity index (χ0n) is 19.7. The number of nitrogens with one attached hydrogen (secondary N) is 1. The van der Waals surface area contributed by atoms with Crippen molar-refractivity contribution in [2.45, 2.75) is 26.0 Å². The van der Waals surface area contributed by atoms with E-state index in [1.165, 1.54) is 21.9 Å². The molecule has 35 heavy (non-hydrogen) atoms. The molecular weight excluding hydrogens is 519 g/mol. The van der Waals surface area contributed by atoms with Crippen LogP contribution in [0.4, 0.5) is 4.39 Å². The van der Waals surface area contributed by atoms with E-state index in [4.69, 9.17) is 9.47 Å². The van der Waals surface area contributed by atoms with Crippen molar-refractivity contribution in [1.82, 2.24) is 4.90 Å². The molecule has 186 valence electrons. The number of ether oxygens (including phenoxy) is 2. The van der Waals surface area contributed by atoms with E-state index < -0.39 is 29.3 Å². The highest BCUT2D eigenvalue weighted by Crippen LogP contribution is 2.39. The maximum absolute atomic E-state index is 14.6. The fourth-order valence-electron chi connectivity index (χ4n) is 4.46. The maximum Gasteiger partial charge on any atom is 0.295 e. The number of quaternary nitrogens is 1. The average molecular weight is 547 g/mol. The Bertz CT molecular complexity index is 1150. The molecule has 2 aromatic rings. The number of amides is 1. The second-order valence-corrected chi connectivity index (χ2v) is 9.87. The van der Waals surface area contributed by atoms with Gasteiger partial charge in [-0.25, -0.2) is 4.39 Å². The summed E-state index contributed by atoms with van der Waals surface area (Å²) < 4.78 is 26.2. The fraction of sp³-hybridized carbons (Fsp3) is 0.385. The van der Waals surface area contributed by atoms with Crippen LogP contribution in [0.3, 0.4) is 0 Å². The minimum absolute atomic E-state index is 0.00425. The number of carbonyl (C=O) groups excluding carboxylic acids is 2. The molecule has 0 aliphatic carbocycles. The topological polar surface area (TPSA) is 83.3 Å². The van der Waals surface area contributed by atoms with E-state index in [-0.39, 0.29) is 23.0 Å². The third kappa shape index (κ3) is 5.58. The zero-order chi connectivity index (χ0) is 25.1. The normalized spacial score (nSPS) is 20.6. The Morgan fingerprint density at radius 1 is 1.23 bits per heavy atom. The van der Waals surface area contributed by atoms with Crippen molar-refractivity contribution in [3.63, 3.8) is 0 Å². The molecule has 1 amide bonds. The molecule has 1 unspecified atom stereocenters. The molecule has 0 spiro atoms. The van der Waals surface area contributed by atoms with Crippen LogP contribution in [0.25, 0.3) is 5.76 Å². The molecule has 1 N–H and O–H groups in total. The standard InChI is InChI=1S/C26H28BrFN2O5/c1-16(2)35-21-7-6-18(15-20(21)28)24(31)22-23(17-4-3-5-19(27)14-17)30(26(33)25(22)32)9-8-29-10-12-34-13-11-29/h3-7,14-16,23,31H,8-13H2,1-2H3. The van der Waals surface area contributed by atoms with Gasteiger partial charge < -0.3 is 24.4 Å². The summed E-state index contributed by atoms with van der Waals surface area (Å²) in [4.78, 5) is 29.0. The minimum Gasteiger partial charge on any atom is -0.872 e. The number of hydrogen-bond acceptors (Lipinski definition) is 5. The molecule has 7 nitrogen and oxygen atoms in total. The highest BCUT2D eigenvalue weighted by atomic mass is 79.9. The second-order valence-electron chi connectivity index (χ2n) is 8.95. The Hall–Kier alpha value is -2.75. The van der Waals surface area contributed by atoms with E-state index in [1.54, 1.807) is 32.0 Å². The third-order valence-corrected chi connectivity index (χ3v) is 6.65. The summed E-state index contributed by atoms with van der Waals surface area (Å²) in [6.45, 7) is 7.41. The Kier molecular flexibility index (Phi) is 7.88. The minimum atomic E-state index is -0.852. The van der Waals surface area contributed by atoms with Crippen LogP contribution in [0.2, 0.25) is 0 Å². The highest BCUT2D eigenvalue weighted by molar-refractivity contribution is 9.10. The molecule has 1 atom stereocenters. The van der Waals surface area contributed by atoms with Crippen LogP contribution in [0.1, 0.15) is 31.0 Å². The van der Waals surface area contributed by atoms with Crippen molar-refractivity contribution in [3.05, 3.63) is 69.5 Å². The summed E-state index contributed by atoms with van der Waals surface area (Å²) in [6, 6.07) is 10.2. The van der Waals surface area contributed by atoms with Crippen molar-refractivity contribution in [1.29, 1.82) is 0 Å². The molecule has 0 saturated carbocycles. The van der Waals surface area contributed by atoms with Gasteiger partial charge in [-0.2, -0.15) is 0 Å². The molecule has 2 saturated heterocycles. The van der Waals surface area contributed by atoms with Crippen LogP contribution >= 0.6 is 15.9 Å². The van der Waals surface area contributed by atoms with Gasteiger partial charge in [0.25, 0.3) is 5.91 Å². The van der Waals surface area contributed by atoms with Crippen LogP contribution in [0.15, 0.2) is 52.5 Å². The summed E-state index contributed by atoms with van der Waals surface area (Å²) in [6.07, 6.45) is -0.238. The molecule has 2 heterocycles. The van der Waals surface area contributed by atoms with E-state index >= 15 is 0 Å². The number of halogens is 2. The first-order valence-corrected chi connectivity index (χ1v) is 12.5. The molecular formula is C26H28BrFN2O5. The number of likely N-dealkylation sites (tertiary alicyclic amines) is 1. The van der Waals surface area contributed by atoms with Crippen molar-refractivity contribution in [3.8, 4) is 5.75 Å². The van der Waals surface area contributed by atoms with Crippen molar-refractivity contribution in [2.75, 3.05) is 39.4 Å². The molecule has 2 aliphatic rings. The number of morpholine rings is 1. The lowest BCUT2D eigenvalue weighted by Crippen LogP contribution is -3.14. The lowest BCUT2D eigenvalue weighted by molar-refractivity contribution is -0.907. The first-order chi connectivity index (χ1) is 16.8. The maximum atomic E-state index is 14.6. The Morgan fingerprint density at radius 3 is 2.63 bits per heavy atom. The molecule has 9 heteroatoms. The van der Waals surface area contributed by atoms with Crippen LogP contribution in [-0.2, 0) is 14.3 Å². The number of benzene rings is 2. The van der Waals surface area contributed by atoms with Gasteiger partial charge in [0.1, 0.15) is 13.1 Å². The Morgan fingerprint density at radius 2 is 1.97 bits per heavy atom. The summed E-state index contributed by atoms with van der Waals surface area (Å²) >= 11 is 3.44. The van der Waals surface area contributed by atoms with Gasteiger partial charge >= 0.3 is 0 Å². The van der Waals surface area contributed by atoms with Gasteiger partial charge in [0.05, 0.1) is 38.4 Å². The largest absolute Gasteiger partial charge is 0.872 e. The molecule has 4 rings (SSSR count). The number of nitrogens with zero attached hydrogens (tertiary/aromatic N) is 1. The van der Waals surface area contributed by atoms with Gasteiger partial charge in [0.15, 0.2) is 11.6 Å². The lowest BCUT2D eigenvalue weighted by atomic mass is 9.95. The molecule has 2 aromatic carbocycles. The second kappa shape index (κ2) is 10.9. The fourth-order valence-corrected chi connectivity index (χ4v) is 4.88. The van der Waals surface area contributed by atoms with E-state index in [2.05, 4.69) is 15.9 Å². The van der Waals surface area contributed by atoms with E-state index in [1.807, 2.05) is 6.07 Å². The lowest BCUT2D eigenvalue weighted by Gasteiger charge is -2.30. The summed E-state index contributed by atoms with van der Waals surface area (Å²) in [5.41, 5.74) is 0.469. The van der Waals surface area contributed by atoms with Gasteiger partial charge in [-0.1, -0.05) is 39.9 Å². The number of hydrogen-bond donors (Lipinski definition) is 1. The van der Waals surface area contributed by atoms with Gasteiger partial charge in [-0.05, 0) is 49.2 Å². The summed E-state index contributed by atoms with van der Waals surface area (Å²) in [5.74, 6) is -2.90. The molecule has 0 aromatic heterocycles. The van der Waals surface area contributed by atoms with Gasteiger partial charge in [0, 0.05) is 10.0 Å². The molecule has 2 fully saturated rings. The van der Waals surface area contributed by atoms with Gasteiger partial charge in [-0.3, -0.25) is 9.59 Å². The Labute approximate surface area is 212 Å². The van der Waals surface area contributed by atoms with Crippen LogP contribution in [0, 0.1) is 5.82 Å². The highest BCUT2D eigenvalue weighted by Gasteiger charge is 2.44. The number of carbonyl (C=O) groups is 2. The van der Waals surface area contributed by atoms with E-state index in [0.717, 1.165) is 23.6 Å². The van der Waals surface area contributed by atoms with Crippen molar-refractivity contribution >= 4 is 33.4 Å². The van der Waals surface area contributed by atoms with Crippen molar-refractivity contribution < 1.29 is 33.5 Å². The van der Waals surface area contributed by atoms with E-state index in [9.17, 15) is 19.1 Å². The first-order valence-electron chi connectivity index (χ1n) is 11.7. The predicted octanol–water partition coefficient (Wildman–Crippen LogP) is 1.51. The molecule has 0 radical (unpaired) electrons. The van der Waals surface area contributed by atoms with Gasteiger partial charge in [-0.15, -0.1) is 0 Å². The van der Waals surface area contributed by atoms with Crippen molar-refractivity contribution in [2.24, 2.45) is 0 Å². The average Bonchev–Trinajstić information content (AvgIpc) is 3.09. The van der Waals surface area contributed by atoms with E-state index in [0.29, 0.717) is 31.9 Å². The predicted molar refractivity (Wildman–Crippen MR) is 129 cm³/mol. The molecule has 2 aliphatic heterocycles. The summed E-state index contributed by atoms with van der Waals surface area (Å²) in [7, 11) is 0. The van der Waals surface area contributed by atoms with Crippen LogP contribution in [0.5, 0.6) is 5.75 Å². The summed E-state index contributed by atoms with van der Waals surface area (Å²) in [5, 5.41) is 13.5. The SMILES string of the molecule is CC(C)Oc1ccc(C([O-])=C2C(=O)C(=O)N(CC[NH+]3CCOCC3)C2c2cccc(Br)c2)cc1F. The zero-order valence-corrected chi connectivity index (χ0v) is 21.3.